The van der Waals surface area contributed by atoms with Gasteiger partial charge in [0.1, 0.15) is 12.4 Å². The van der Waals surface area contributed by atoms with Crippen LogP contribution in [0.4, 0.5) is 0 Å². The van der Waals surface area contributed by atoms with Crippen LogP contribution in [0.3, 0.4) is 0 Å². The number of hydrogen-bond acceptors (Lipinski definition) is 3. The fourth-order valence-corrected chi connectivity index (χ4v) is 1.77. The summed E-state index contributed by atoms with van der Waals surface area (Å²) in [5.41, 5.74) is 1.25. The van der Waals surface area contributed by atoms with Gasteiger partial charge in [0.05, 0.1) is 6.61 Å². The summed E-state index contributed by atoms with van der Waals surface area (Å²) in [5, 5.41) is 0. The number of aryl methyl sites for hydroxylation is 1. The van der Waals surface area contributed by atoms with Crippen molar-refractivity contribution in [1.29, 1.82) is 0 Å². The maximum Gasteiger partial charge on any atom is 0.158 e. The minimum Gasteiger partial charge on any atom is -0.494 e. The summed E-state index contributed by atoms with van der Waals surface area (Å²) >= 11 is 0. The van der Waals surface area contributed by atoms with E-state index in [9.17, 15) is 4.79 Å². The second-order valence-corrected chi connectivity index (χ2v) is 5.02. The molecule has 112 valence electrons. The minimum atomic E-state index is 0.177. The van der Waals surface area contributed by atoms with E-state index in [0.717, 1.165) is 38.0 Å². The van der Waals surface area contributed by atoms with Crippen molar-refractivity contribution in [2.45, 2.75) is 46.0 Å². The standard InChI is InChI=1S/C17H26O3/c1-3-16(18)14-19-12-6-4-5-7-13-20-17-10-8-15(2)9-11-17/h8-11H,3-7,12-14H2,1-2H3. The molecule has 1 aromatic carbocycles. The lowest BCUT2D eigenvalue weighted by Gasteiger charge is -2.06. The molecule has 1 aromatic rings. The molecule has 0 fully saturated rings. The summed E-state index contributed by atoms with van der Waals surface area (Å²) < 4.78 is 11.0. The lowest BCUT2D eigenvalue weighted by atomic mass is 10.2. The summed E-state index contributed by atoms with van der Waals surface area (Å²) in [7, 11) is 0. The van der Waals surface area contributed by atoms with Gasteiger partial charge < -0.3 is 9.47 Å². The molecule has 0 atom stereocenters. The Kier molecular flexibility index (Phi) is 8.72. The zero-order chi connectivity index (χ0) is 14.6. The Morgan fingerprint density at radius 1 is 1.00 bits per heavy atom. The van der Waals surface area contributed by atoms with E-state index >= 15 is 0 Å². The predicted octanol–water partition coefficient (Wildman–Crippen LogP) is 3.93. The second-order valence-electron chi connectivity index (χ2n) is 5.02. The molecule has 0 aliphatic carbocycles. The molecular weight excluding hydrogens is 252 g/mol. The molecule has 0 aliphatic heterocycles. The minimum absolute atomic E-state index is 0.177. The summed E-state index contributed by atoms with van der Waals surface area (Å²) in [6.45, 7) is 5.65. The number of unbranched alkanes of at least 4 members (excludes halogenated alkanes) is 3. The van der Waals surface area contributed by atoms with Gasteiger partial charge in [-0.15, -0.1) is 0 Å². The normalized spacial score (nSPS) is 10.5. The Labute approximate surface area is 122 Å². The van der Waals surface area contributed by atoms with E-state index in [-0.39, 0.29) is 12.4 Å². The number of hydrogen-bond donors (Lipinski definition) is 0. The molecule has 0 N–H and O–H groups in total. The highest BCUT2D eigenvalue weighted by Gasteiger charge is 1.98. The third-order valence-corrected chi connectivity index (χ3v) is 3.13. The Morgan fingerprint density at radius 3 is 2.30 bits per heavy atom. The molecule has 0 unspecified atom stereocenters. The maximum absolute atomic E-state index is 11.0. The van der Waals surface area contributed by atoms with Crippen LogP contribution in [-0.4, -0.2) is 25.6 Å². The molecule has 0 saturated heterocycles. The van der Waals surface area contributed by atoms with Gasteiger partial charge in [0.15, 0.2) is 5.78 Å². The SMILES string of the molecule is CCC(=O)COCCCCCCOc1ccc(C)cc1. The van der Waals surface area contributed by atoms with Crippen molar-refractivity contribution in [3.8, 4) is 5.75 Å². The van der Waals surface area contributed by atoms with E-state index in [1.165, 1.54) is 5.56 Å². The quantitative estimate of drug-likeness (QED) is 0.575. The molecule has 20 heavy (non-hydrogen) atoms. The van der Waals surface area contributed by atoms with Crippen LogP contribution in [0.25, 0.3) is 0 Å². The number of carbonyl (C=O) groups is 1. The van der Waals surface area contributed by atoms with Crippen molar-refractivity contribution < 1.29 is 14.3 Å². The average Bonchev–Trinajstić information content (AvgIpc) is 2.47. The molecule has 3 nitrogen and oxygen atoms in total. The number of rotatable bonds is 11. The Hall–Kier alpha value is -1.35. The van der Waals surface area contributed by atoms with Crippen LogP contribution in [0, 0.1) is 6.92 Å². The van der Waals surface area contributed by atoms with Crippen molar-refractivity contribution in [3.05, 3.63) is 29.8 Å². The van der Waals surface area contributed by atoms with E-state index in [1.54, 1.807) is 0 Å². The van der Waals surface area contributed by atoms with Gasteiger partial charge in [-0.3, -0.25) is 4.79 Å². The third kappa shape index (κ3) is 7.95. The van der Waals surface area contributed by atoms with Gasteiger partial charge in [-0.2, -0.15) is 0 Å². The lowest BCUT2D eigenvalue weighted by Crippen LogP contribution is -2.07. The van der Waals surface area contributed by atoms with Gasteiger partial charge in [0.2, 0.25) is 0 Å². The summed E-state index contributed by atoms with van der Waals surface area (Å²) in [6.07, 6.45) is 4.90. The van der Waals surface area contributed by atoms with E-state index in [0.29, 0.717) is 13.0 Å². The maximum atomic E-state index is 11.0. The number of carbonyl (C=O) groups excluding carboxylic acids is 1. The summed E-state index contributed by atoms with van der Waals surface area (Å²) in [4.78, 5) is 11.0. The Morgan fingerprint density at radius 2 is 1.65 bits per heavy atom. The largest absolute Gasteiger partial charge is 0.494 e. The van der Waals surface area contributed by atoms with Gasteiger partial charge in [0.25, 0.3) is 0 Å². The molecule has 0 heterocycles. The van der Waals surface area contributed by atoms with E-state index in [4.69, 9.17) is 9.47 Å². The Balaban J connectivity index is 1.90. The van der Waals surface area contributed by atoms with E-state index in [1.807, 2.05) is 19.1 Å². The molecule has 0 saturated carbocycles. The van der Waals surface area contributed by atoms with Crippen LogP contribution in [0.5, 0.6) is 5.75 Å². The first-order valence-corrected chi connectivity index (χ1v) is 7.51. The summed E-state index contributed by atoms with van der Waals surface area (Å²) in [5.74, 6) is 1.12. The van der Waals surface area contributed by atoms with E-state index < -0.39 is 0 Å². The lowest BCUT2D eigenvalue weighted by molar-refractivity contribution is -0.123. The zero-order valence-electron chi connectivity index (χ0n) is 12.7. The monoisotopic (exact) mass is 278 g/mol. The Bertz CT molecular complexity index is 370. The first kappa shape index (κ1) is 16.7. The van der Waals surface area contributed by atoms with Crippen LogP contribution in [0.15, 0.2) is 24.3 Å². The molecular formula is C17H26O3. The molecule has 1 rings (SSSR count). The second kappa shape index (κ2) is 10.4. The van der Waals surface area contributed by atoms with Crippen molar-refractivity contribution >= 4 is 5.78 Å². The van der Waals surface area contributed by atoms with Crippen LogP contribution >= 0.6 is 0 Å². The van der Waals surface area contributed by atoms with Gasteiger partial charge in [0, 0.05) is 13.0 Å². The van der Waals surface area contributed by atoms with Gasteiger partial charge in [-0.1, -0.05) is 31.0 Å². The van der Waals surface area contributed by atoms with Crippen molar-refractivity contribution in [2.24, 2.45) is 0 Å². The highest BCUT2D eigenvalue weighted by molar-refractivity contribution is 5.79. The predicted molar refractivity (Wildman–Crippen MR) is 81.3 cm³/mol. The molecule has 0 aliphatic rings. The van der Waals surface area contributed by atoms with Gasteiger partial charge >= 0.3 is 0 Å². The van der Waals surface area contributed by atoms with Crippen LogP contribution in [0.1, 0.15) is 44.6 Å². The summed E-state index contributed by atoms with van der Waals surface area (Å²) in [6, 6.07) is 8.14. The van der Waals surface area contributed by atoms with Crippen LogP contribution in [0.2, 0.25) is 0 Å². The van der Waals surface area contributed by atoms with Crippen LogP contribution in [-0.2, 0) is 9.53 Å². The van der Waals surface area contributed by atoms with Crippen molar-refractivity contribution in [1.82, 2.24) is 0 Å². The van der Waals surface area contributed by atoms with Gasteiger partial charge in [-0.25, -0.2) is 0 Å². The highest BCUT2D eigenvalue weighted by atomic mass is 16.5. The third-order valence-electron chi connectivity index (χ3n) is 3.13. The molecule has 3 heteroatoms. The fourth-order valence-electron chi connectivity index (χ4n) is 1.77. The van der Waals surface area contributed by atoms with Gasteiger partial charge in [-0.05, 0) is 38.3 Å². The topological polar surface area (TPSA) is 35.5 Å². The average molecular weight is 278 g/mol. The van der Waals surface area contributed by atoms with Crippen molar-refractivity contribution in [2.75, 3.05) is 19.8 Å². The molecule has 0 amide bonds. The number of benzene rings is 1. The first-order valence-electron chi connectivity index (χ1n) is 7.51. The smallest absolute Gasteiger partial charge is 0.158 e. The molecule has 0 aromatic heterocycles. The fraction of sp³-hybridized carbons (Fsp3) is 0.588. The zero-order valence-corrected chi connectivity index (χ0v) is 12.7. The first-order chi connectivity index (χ1) is 9.72. The molecule has 0 bridgehead atoms. The van der Waals surface area contributed by atoms with E-state index in [2.05, 4.69) is 19.1 Å². The molecule has 0 spiro atoms. The number of ketones is 1. The highest BCUT2D eigenvalue weighted by Crippen LogP contribution is 2.12. The molecule has 0 radical (unpaired) electrons. The number of ether oxygens (including phenoxy) is 2. The van der Waals surface area contributed by atoms with Crippen LogP contribution < -0.4 is 4.74 Å². The number of Topliss-reactive ketones (excluding diaryl/α,β-unsaturated/α-hetero) is 1. The van der Waals surface area contributed by atoms with Crippen molar-refractivity contribution in [3.63, 3.8) is 0 Å².